The van der Waals surface area contributed by atoms with Crippen molar-refractivity contribution in [3.63, 3.8) is 0 Å². The van der Waals surface area contributed by atoms with Gasteiger partial charge < -0.3 is 14.2 Å². The molecule has 5 nitrogen and oxygen atoms in total. The normalized spacial score (nSPS) is 17.8. The lowest BCUT2D eigenvalue weighted by atomic mass is 10.1. The third kappa shape index (κ3) is 2.59. The molecule has 1 aromatic carbocycles. The van der Waals surface area contributed by atoms with Crippen molar-refractivity contribution in [2.24, 2.45) is 0 Å². The number of carbonyl (C=O) groups excluding carboxylic acids is 1. The van der Waals surface area contributed by atoms with E-state index in [4.69, 9.17) is 9.26 Å². The number of aryl methyl sites for hydroxylation is 2. The van der Waals surface area contributed by atoms with E-state index in [1.807, 2.05) is 29.2 Å². The molecule has 1 saturated heterocycles. The highest BCUT2D eigenvalue weighted by Crippen LogP contribution is 2.39. The van der Waals surface area contributed by atoms with Crippen molar-refractivity contribution in [1.29, 1.82) is 0 Å². The summed E-state index contributed by atoms with van der Waals surface area (Å²) in [6.07, 6.45) is 0. The largest absolute Gasteiger partial charge is 0.497 e. The molecule has 1 aromatic heterocycles. The zero-order valence-corrected chi connectivity index (χ0v) is 13.6. The number of thioether (sulfide) groups is 1. The standard InChI is InChI=1S/C16H18N2O3S/c1-10-14(11(2)21-17-10)15(19)18-8-9-22-16(18)12-4-6-13(20-3)7-5-12/h4-7,16H,8-9H2,1-3H3. The van der Waals surface area contributed by atoms with Crippen LogP contribution in [0, 0.1) is 13.8 Å². The van der Waals surface area contributed by atoms with Crippen LogP contribution >= 0.6 is 11.8 Å². The van der Waals surface area contributed by atoms with Crippen LogP contribution in [0.3, 0.4) is 0 Å². The lowest BCUT2D eigenvalue weighted by Gasteiger charge is -2.24. The van der Waals surface area contributed by atoms with E-state index < -0.39 is 0 Å². The minimum Gasteiger partial charge on any atom is -0.497 e. The van der Waals surface area contributed by atoms with Crippen molar-refractivity contribution in [2.75, 3.05) is 19.4 Å². The third-order valence-electron chi connectivity index (χ3n) is 3.80. The fourth-order valence-electron chi connectivity index (χ4n) is 2.65. The molecular weight excluding hydrogens is 300 g/mol. The van der Waals surface area contributed by atoms with Gasteiger partial charge in [-0.15, -0.1) is 11.8 Å². The first-order valence-corrected chi connectivity index (χ1v) is 8.16. The molecule has 0 radical (unpaired) electrons. The summed E-state index contributed by atoms with van der Waals surface area (Å²) < 4.78 is 10.3. The molecule has 2 heterocycles. The molecule has 1 aliphatic heterocycles. The molecule has 1 amide bonds. The Labute approximate surface area is 133 Å². The van der Waals surface area contributed by atoms with Gasteiger partial charge in [0.2, 0.25) is 0 Å². The number of nitrogens with zero attached hydrogens (tertiary/aromatic N) is 2. The Morgan fingerprint density at radius 2 is 2.09 bits per heavy atom. The fraction of sp³-hybridized carbons (Fsp3) is 0.375. The Morgan fingerprint density at radius 3 is 2.68 bits per heavy atom. The lowest BCUT2D eigenvalue weighted by molar-refractivity contribution is 0.0758. The van der Waals surface area contributed by atoms with Gasteiger partial charge in [-0.05, 0) is 31.5 Å². The summed E-state index contributed by atoms with van der Waals surface area (Å²) >= 11 is 1.77. The van der Waals surface area contributed by atoms with Crippen LogP contribution in [0.2, 0.25) is 0 Å². The monoisotopic (exact) mass is 318 g/mol. The van der Waals surface area contributed by atoms with Gasteiger partial charge in [-0.3, -0.25) is 4.79 Å². The topological polar surface area (TPSA) is 55.6 Å². The van der Waals surface area contributed by atoms with E-state index in [0.29, 0.717) is 17.0 Å². The van der Waals surface area contributed by atoms with E-state index in [2.05, 4.69) is 5.16 Å². The van der Waals surface area contributed by atoms with Gasteiger partial charge in [0.25, 0.3) is 5.91 Å². The molecular formula is C16H18N2O3S. The first kappa shape index (κ1) is 15.0. The van der Waals surface area contributed by atoms with E-state index in [1.165, 1.54) is 0 Å². The highest BCUT2D eigenvalue weighted by Gasteiger charge is 2.33. The average molecular weight is 318 g/mol. The Hall–Kier alpha value is -1.95. The number of rotatable bonds is 3. The number of carbonyl (C=O) groups is 1. The van der Waals surface area contributed by atoms with Crippen molar-refractivity contribution in [1.82, 2.24) is 10.1 Å². The number of benzene rings is 1. The number of hydrogen-bond donors (Lipinski definition) is 0. The summed E-state index contributed by atoms with van der Waals surface area (Å²) in [5, 5.41) is 3.90. The van der Waals surface area contributed by atoms with Gasteiger partial charge in [0.15, 0.2) is 0 Å². The zero-order chi connectivity index (χ0) is 15.7. The quantitative estimate of drug-likeness (QED) is 0.870. The Balaban J connectivity index is 1.88. The van der Waals surface area contributed by atoms with Crippen LogP contribution in [0.25, 0.3) is 0 Å². The molecule has 1 unspecified atom stereocenters. The van der Waals surface area contributed by atoms with Crippen molar-refractivity contribution >= 4 is 17.7 Å². The van der Waals surface area contributed by atoms with Crippen LogP contribution in [0.15, 0.2) is 28.8 Å². The summed E-state index contributed by atoms with van der Waals surface area (Å²) in [4.78, 5) is 14.7. The molecule has 116 valence electrons. The Bertz CT molecular complexity index is 662. The zero-order valence-electron chi connectivity index (χ0n) is 12.8. The van der Waals surface area contributed by atoms with Crippen LogP contribution in [0.5, 0.6) is 5.75 Å². The maximum Gasteiger partial charge on any atom is 0.260 e. The van der Waals surface area contributed by atoms with Gasteiger partial charge in [-0.25, -0.2) is 0 Å². The third-order valence-corrected chi connectivity index (χ3v) is 5.06. The summed E-state index contributed by atoms with van der Waals surface area (Å²) in [7, 11) is 1.65. The van der Waals surface area contributed by atoms with Gasteiger partial charge >= 0.3 is 0 Å². The van der Waals surface area contributed by atoms with E-state index in [0.717, 1.165) is 23.6 Å². The van der Waals surface area contributed by atoms with E-state index in [-0.39, 0.29) is 11.3 Å². The highest BCUT2D eigenvalue weighted by atomic mass is 32.2. The fourth-order valence-corrected chi connectivity index (χ4v) is 3.91. The molecule has 22 heavy (non-hydrogen) atoms. The minimum atomic E-state index is -0.0120. The summed E-state index contributed by atoms with van der Waals surface area (Å²) in [6.45, 7) is 4.30. The number of hydrogen-bond acceptors (Lipinski definition) is 5. The molecule has 2 aromatic rings. The van der Waals surface area contributed by atoms with Crippen LogP contribution < -0.4 is 4.74 Å². The second-order valence-electron chi connectivity index (χ2n) is 5.19. The smallest absolute Gasteiger partial charge is 0.260 e. The first-order valence-electron chi connectivity index (χ1n) is 7.11. The van der Waals surface area contributed by atoms with Crippen molar-refractivity contribution in [3.05, 3.63) is 46.8 Å². The maximum absolute atomic E-state index is 12.8. The average Bonchev–Trinajstić information content (AvgIpc) is 3.14. The van der Waals surface area contributed by atoms with Gasteiger partial charge in [0, 0.05) is 12.3 Å². The van der Waals surface area contributed by atoms with Crippen LogP contribution in [0.1, 0.15) is 32.7 Å². The Kier molecular flexibility index (Phi) is 4.11. The SMILES string of the molecule is COc1ccc(C2SCCN2C(=O)c2c(C)noc2C)cc1. The predicted octanol–water partition coefficient (Wildman–Crippen LogP) is 3.19. The maximum atomic E-state index is 12.8. The van der Waals surface area contributed by atoms with Crippen molar-refractivity contribution < 1.29 is 14.1 Å². The van der Waals surface area contributed by atoms with Gasteiger partial charge in [0.1, 0.15) is 22.4 Å². The molecule has 3 rings (SSSR count). The molecule has 0 aliphatic carbocycles. The first-order chi connectivity index (χ1) is 10.6. The highest BCUT2D eigenvalue weighted by molar-refractivity contribution is 7.99. The summed E-state index contributed by atoms with van der Waals surface area (Å²) in [5.74, 6) is 2.30. The molecule has 0 saturated carbocycles. The molecule has 0 N–H and O–H groups in total. The van der Waals surface area contributed by atoms with Crippen molar-refractivity contribution in [3.8, 4) is 5.75 Å². The molecule has 1 atom stereocenters. The van der Waals surface area contributed by atoms with Crippen LogP contribution in [0.4, 0.5) is 0 Å². The Morgan fingerprint density at radius 1 is 1.36 bits per heavy atom. The predicted molar refractivity (Wildman–Crippen MR) is 85.2 cm³/mol. The molecule has 1 fully saturated rings. The van der Waals surface area contributed by atoms with Crippen LogP contribution in [-0.2, 0) is 0 Å². The molecule has 0 spiro atoms. The number of methoxy groups -OCH3 is 1. The van der Waals surface area contributed by atoms with E-state index in [1.54, 1.807) is 32.7 Å². The molecule has 6 heteroatoms. The van der Waals surface area contributed by atoms with Gasteiger partial charge in [-0.1, -0.05) is 17.3 Å². The summed E-state index contributed by atoms with van der Waals surface area (Å²) in [5.41, 5.74) is 2.33. The molecule has 0 bridgehead atoms. The summed E-state index contributed by atoms with van der Waals surface area (Å²) in [6, 6.07) is 7.87. The second-order valence-corrected chi connectivity index (χ2v) is 6.38. The molecule has 1 aliphatic rings. The number of ether oxygens (including phenoxy) is 1. The number of aromatic nitrogens is 1. The number of amides is 1. The van der Waals surface area contributed by atoms with Crippen molar-refractivity contribution in [2.45, 2.75) is 19.2 Å². The van der Waals surface area contributed by atoms with Crippen LogP contribution in [-0.4, -0.2) is 35.4 Å². The van der Waals surface area contributed by atoms with Gasteiger partial charge in [0.05, 0.1) is 12.8 Å². The minimum absolute atomic E-state index is 0.0120. The van der Waals surface area contributed by atoms with E-state index in [9.17, 15) is 4.79 Å². The lowest BCUT2D eigenvalue weighted by Crippen LogP contribution is -2.31. The second kappa shape index (κ2) is 6.04. The van der Waals surface area contributed by atoms with E-state index >= 15 is 0 Å². The van der Waals surface area contributed by atoms with Gasteiger partial charge in [-0.2, -0.15) is 0 Å².